The molecule has 1 rings (SSSR count). The Hall–Kier alpha value is -0.0800. The predicted molar refractivity (Wildman–Crippen MR) is 78.9 cm³/mol. The van der Waals surface area contributed by atoms with E-state index in [1.54, 1.807) is 7.11 Å². The zero-order valence-corrected chi connectivity index (χ0v) is 13.1. The molecule has 0 spiro atoms. The van der Waals surface area contributed by atoms with E-state index < -0.39 is 0 Å². The van der Waals surface area contributed by atoms with Gasteiger partial charge in [-0.1, -0.05) is 34.1 Å². The second kappa shape index (κ2) is 7.49. The van der Waals surface area contributed by atoms with E-state index in [4.69, 9.17) is 4.74 Å². The van der Waals surface area contributed by atoms with Gasteiger partial charge in [-0.3, -0.25) is 0 Å². The van der Waals surface area contributed by atoms with Gasteiger partial charge in [0, 0.05) is 19.2 Å². The van der Waals surface area contributed by atoms with E-state index in [0.29, 0.717) is 17.5 Å². The molecule has 0 amide bonds. The van der Waals surface area contributed by atoms with Gasteiger partial charge in [0.2, 0.25) is 0 Å². The molecular weight excluding hydrogens is 222 g/mol. The summed E-state index contributed by atoms with van der Waals surface area (Å²) in [7, 11) is 1.80. The Morgan fingerprint density at radius 1 is 1.17 bits per heavy atom. The SMILES string of the molecule is CCC(COC)NC1CCC(C(C)(C)CC)CC1. The first-order valence-electron chi connectivity index (χ1n) is 7.78. The first-order chi connectivity index (χ1) is 8.53. The van der Waals surface area contributed by atoms with Crippen LogP contribution in [0.3, 0.4) is 0 Å². The minimum absolute atomic E-state index is 0.529. The van der Waals surface area contributed by atoms with E-state index in [-0.39, 0.29) is 0 Å². The summed E-state index contributed by atoms with van der Waals surface area (Å²) >= 11 is 0. The molecule has 0 aromatic heterocycles. The van der Waals surface area contributed by atoms with E-state index in [2.05, 4.69) is 33.0 Å². The zero-order chi connectivity index (χ0) is 13.6. The molecule has 1 fully saturated rings. The number of nitrogens with one attached hydrogen (secondary N) is 1. The fourth-order valence-corrected chi connectivity index (χ4v) is 3.15. The monoisotopic (exact) mass is 255 g/mol. The summed E-state index contributed by atoms with van der Waals surface area (Å²) < 4.78 is 5.27. The third-order valence-corrected chi connectivity index (χ3v) is 5.08. The summed E-state index contributed by atoms with van der Waals surface area (Å²) in [4.78, 5) is 0. The average Bonchev–Trinajstić information content (AvgIpc) is 2.39. The van der Waals surface area contributed by atoms with Crippen LogP contribution in [0.4, 0.5) is 0 Å². The van der Waals surface area contributed by atoms with Crippen LogP contribution in [0.25, 0.3) is 0 Å². The largest absolute Gasteiger partial charge is 0.383 e. The lowest BCUT2D eigenvalue weighted by Crippen LogP contribution is -2.43. The van der Waals surface area contributed by atoms with Crippen LogP contribution < -0.4 is 5.32 Å². The van der Waals surface area contributed by atoms with Crippen LogP contribution in [0.1, 0.15) is 66.2 Å². The summed E-state index contributed by atoms with van der Waals surface area (Å²) in [6, 6.07) is 1.25. The minimum atomic E-state index is 0.529. The Balaban J connectivity index is 2.35. The van der Waals surface area contributed by atoms with Crippen LogP contribution >= 0.6 is 0 Å². The average molecular weight is 255 g/mol. The van der Waals surface area contributed by atoms with Crippen molar-refractivity contribution in [1.29, 1.82) is 0 Å². The van der Waals surface area contributed by atoms with Gasteiger partial charge in [0.25, 0.3) is 0 Å². The molecule has 18 heavy (non-hydrogen) atoms. The molecule has 0 aliphatic heterocycles. The number of hydrogen-bond donors (Lipinski definition) is 1. The molecule has 0 bridgehead atoms. The lowest BCUT2D eigenvalue weighted by molar-refractivity contribution is 0.118. The summed E-state index contributed by atoms with van der Waals surface area (Å²) in [5.41, 5.74) is 0.529. The third-order valence-electron chi connectivity index (χ3n) is 5.08. The number of methoxy groups -OCH3 is 1. The molecular formula is C16H33NO. The van der Waals surface area contributed by atoms with Crippen molar-refractivity contribution in [3.8, 4) is 0 Å². The standard InChI is InChI=1S/C16H33NO/c1-6-14(12-18-5)17-15-10-8-13(9-11-15)16(3,4)7-2/h13-15,17H,6-12H2,1-5H3. The van der Waals surface area contributed by atoms with Gasteiger partial charge in [-0.05, 0) is 43.4 Å². The van der Waals surface area contributed by atoms with Crippen LogP contribution in [0.15, 0.2) is 0 Å². The quantitative estimate of drug-likeness (QED) is 0.742. The first kappa shape index (κ1) is 16.0. The van der Waals surface area contributed by atoms with E-state index in [1.165, 1.54) is 32.1 Å². The smallest absolute Gasteiger partial charge is 0.0615 e. The van der Waals surface area contributed by atoms with Gasteiger partial charge in [-0.2, -0.15) is 0 Å². The highest BCUT2D eigenvalue weighted by molar-refractivity contribution is 4.86. The highest BCUT2D eigenvalue weighted by Gasteiger charge is 2.32. The zero-order valence-electron chi connectivity index (χ0n) is 13.1. The van der Waals surface area contributed by atoms with Crippen molar-refractivity contribution in [2.75, 3.05) is 13.7 Å². The maximum Gasteiger partial charge on any atom is 0.0615 e. The van der Waals surface area contributed by atoms with Crippen molar-refractivity contribution in [2.24, 2.45) is 11.3 Å². The second-order valence-corrected chi connectivity index (χ2v) is 6.62. The van der Waals surface area contributed by atoms with Crippen LogP contribution in [0.2, 0.25) is 0 Å². The highest BCUT2D eigenvalue weighted by Crippen LogP contribution is 2.40. The van der Waals surface area contributed by atoms with Gasteiger partial charge in [0.1, 0.15) is 0 Å². The molecule has 0 aromatic rings. The van der Waals surface area contributed by atoms with E-state index in [0.717, 1.165) is 18.9 Å². The fourth-order valence-electron chi connectivity index (χ4n) is 3.15. The van der Waals surface area contributed by atoms with E-state index in [1.807, 2.05) is 0 Å². The molecule has 1 aliphatic carbocycles. The second-order valence-electron chi connectivity index (χ2n) is 6.62. The van der Waals surface area contributed by atoms with Crippen molar-refractivity contribution in [1.82, 2.24) is 5.32 Å². The van der Waals surface area contributed by atoms with Crippen LogP contribution in [-0.4, -0.2) is 25.8 Å². The minimum Gasteiger partial charge on any atom is -0.383 e. The lowest BCUT2D eigenvalue weighted by Gasteiger charge is -2.40. The van der Waals surface area contributed by atoms with Crippen molar-refractivity contribution in [3.05, 3.63) is 0 Å². The molecule has 0 radical (unpaired) electrons. The number of hydrogen-bond acceptors (Lipinski definition) is 2. The Bertz CT molecular complexity index is 219. The molecule has 2 heteroatoms. The van der Waals surface area contributed by atoms with E-state index in [9.17, 15) is 0 Å². The molecule has 2 nitrogen and oxygen atoms in total. The van der Waals surface area contributed by atoms with Crippen molar-refractivity contribution in [3.63, 3.8) is 0 Å². The van der Waals surface area contributed by atoms with Crippen molar-refractivity contribution in [2.45, 2.75) is 78.3 Å². The summed E-state index contributed by atoms with van der Waals surface area (Å²) in [5, 5.41) is 3.77. The maximum absolute atomic E-state index is 5.27. The van der Waals surface area contributed by atoms with Gasteiger partial charge >= 0.3 is 0 Å². The molecule has 0 aromatic carbocycles. The molecule has 1 saturated carbocycles. The molecule has 1 aliphatic rings. The van der Waals surface area contributed by atoms with Crippen LogP contribution in [-0.2, 0) is 4.74 Å². The first-order valence-corrected chi connectivity index (χ1v) is 7.78. The summed E-state index contributed by atoms with van der Waals surface area (Å²) in [6.45, 7) is 10.3. The maximum atomic E-state index is 5.27. The summed E-state index contributed by atoms with van der Waals surface area (Å²) in [5.74, 6) is 0.919. The number of rotatable bonds is 7. The molecule has 108 valence electrons. The molecule has 1 N–H and O–H groups in total. The Labute approximate surface area is 114 Å². The fraction of sp³-hybridized carbons (Fsp3) is 1.00. The van der Waals surface area contributed by atoms with Crippen LogP contribution in [0, 0.1) is 11.3 Å². The van der Waals surface area contributed by atoms with Gasteiger partial charge < -0.3 is 10.1 Å². The van der Waals surface area contributed by atoms with E-state index >= 15 is 0 Å². The molecule has 1 atom stereocenters. The Morgan fingerprint density at radius 2 is 1.78 bits per heavy atom. The highest BCUT2D eigenvalue weighted by atomic mass is 16.5. The number of ether oxygens (including phenoxy) is 1. The van der Waals surface area contributed by atoms with Gasteiger partial charge in [-0.25, -0.2) is 0 Å². The lowest BCUT2D eigenvalue weighted by atomic mass is 9.69. The van der Waals surface area contributed by atoms with Gasteiger partial charge in [-0.15, -0.1) is 0 Å². The van der Waals surface area contributed by atoms with Gasteiger partial charge in [0.15, 0.2) is 0 Å². The molecule has 0 heterocycles. The predicted octanol–water partition coefficient (Wildman–Crippen LogP) is 4.00. The Morgan fingerprint density at radius 3 is 2.22 bits per heavy atom. The Kier molecular flexibility index (Phi) is 6.65. The third kappa shape index (κ3) is 4.55. The van der Waals surface area contributed by atoms with Crippen molar-refractivity contribution >= 4 is 0 Å². The normalized spacial score (nSPS) is 27.2. The molecule has 1 unspecified atom stereocenters. The van der Waals surface area contributed by atoms with Gasteiger partial charge in [0.05, 0.1) is 6.61 Å². The topological polar surface area (TPSA) is 21.3 Å². The summed E-state index contributed by atoms with van der Waals surface area (Å²) in [6.07, 6.45) is 7.93. The molecule has 0 saturated heterocycles. The van der Waals surface area contributed by atoms with Crippen LogP contribution in [0.5, 0.6) is 0 Å². The van der Waals surface area contributed by atoms with Crippen molar-refractivity contribution < 1.29 is 4.74 Å².